The van der Waals surface area contributed by atoms with Gasteiger partial charge in [-0.3, -0.25) is 0 Å². The fourth-order valence-corrected chi connectivity index (χ4v) is 1.09. The van der Waals surface area contributed by atoms with Crippen LogP contribution in [0.1, 0.15) is 11.3 Å². The van der Waals surface area contributed by atoms with E-state index in [9.17, 15) is 9.90 Å². The average molecular weight is 165 g/mol. The van der Waals surface area contributed by atoms with Crippen molar-refractivity contribution in [2.75, 3.05) is 0 Å². The molecule has 0 aliphatic rings. The second-order valence-corrected chi connectivity index (χ2v) is 2.78. The highest BCUT2D eigenvalue weighted by atomic mass is 16.4. The lowest BCUT2D eigenvalue weighted by atomic mass is 10.1. The first-order valence-corrected chi connectivity index (χ1v) is 3.75. The highest BCUT2D eigenvalue weighted by molar-refractivity contribution is 5.68. The summed E-state index contributed by atoms with van der Waals surface area (Å²) in [7, 11) is 1.88. The van der Waals surface area contributed by atoms with Crippen molar-refractivity contribution in [1.29, 1.82) is 0 Å². The number of carbonyl (C=O) groups is 1. The van der Waals surface area contributed by atoms with E-state index in [2.05, 4.69) is 0 Å². The third kappa shape index (κ3) is 1.81. The lowest BCUT2D eigenvalue weighted by molar-refractivity contribution is -0.678. The zero-order valence-electron chi connectivity index (χ0n) is 7.20. The van der Waals surface area contributed by atoms with E-state index >= 15 is 0 Å². The number of hydrogen-bond acceptors (Lipinski definition) is 2. The Bertz CT molecular complexity index is 307. The van der Waals surface area contributed by atoms with Gasteiger partial charge in [0.25, 0.3) is 0 Å². The van der Waals surface area contributed by atoms with E-state index in [0.717, 1.165) is 11.3 Å². The highest BCUT2D eigenvalue weighted by Gasteiger charge is 2.06. The van der Waals surface area contributed by atoms with E-state index in [4.69, 9.17) is 0 Å². The first kappa shape index (κ1) is 8.71. The van der Waals surface area contributed by atoms with E-state index in [1.54, 1.807) is 6.07 Å². The van der Waals surface area contributed by atoms with Gasteiger partial charge in [0.1, 0.15) is 7.05 Å². The van der Waals surface area contributed by atoms with Crippen LogP contribution < -0.4 is 9.67 Å². The van der Waals surface area contributed by atoms with Crippen molar-refractivity contribution < 1.29 is 14.5 Å². The van der Waals surface area contributed by atoms with Gasteiger partial charge < -0.3 is 9.90 Å². The maximum absolute atomic E-state index is 10.3. The van der Waals surface area contributed by atoms with Crippen LogP contribution in [-0.2, 0) is 18.3 Å². The zero-order chi connectivity index (χ0) is 9.14. The lowest BCUT2D eigenvalue weighted by Crippen LogP contribution is -2.34. The molecule has 0 spiro atoms. The number of carboxylic acid groups (broad SMARTS) is 1. The molecule has 0 saturated heterocycles. The molecule has 0 amide bonds. The number of aliphatic carboxylic acids is 1. The maximum Gasteiger partial charge on any atom is 0.181 e. The first-order valence-electron chi connectivity index (χ1n) is 3.75. The summed E-state index contributed by atoms with van der Waals surface area (Å²) in [6, 6.07) is 3.62. The van der Waals surface area contributed by atoms with E-state index < -0.39 is 5.97 Å². The van der Waals surface area contributed by atoms with Gasteiger partial charge in [-0.25, -0.2) is 4.57 Å². The van der Waals surface area contributed by atoms with Crippen molar-refractivity contribution in [3.8, 4) is 0 Å². The largest absolute Gasteiger partial charge is 0.550 e. The van der Waals surface area contributed by atoms with Gasteiger partial charge in [-0.1, -0.05) is 0 Å². The molecular weight excluding hydrogens is 154 g/mol. The molecule has 0 aliphatic heterocycles. The minimum atomic E-state index is -1.04. The molecule has 0 atom stereocenters. The van der Waals surface area contributed by atoms with Crippen LogP contribution in [0.15, 0.2) is 18.3 Å². The third-order valence-electron chi connectivity index (χ3n) is 1.94. The second-order valence-electron chi connectivity index (χ2n) is 2.78. The van der Waals surface area contributed by atoms with Crippen LogP contribution >= 0.6 is 0 Å². The molecule has 0 aromatic carbocycles. The molecule has 64 valence electrons. The van der Waals surface area contributed by atoms with Gasteiger partial charge in [0.2, 0.25) is 0 Å². The van der Waals surface area contributed by atoms with Crippen LogP contribution in [0.4, 0.5) is 0 Å². The Morgan fingerprint density at radius 2 is 2.33 bits per heavy atom. The van der Waals surface area contributed by atoms with E-state index in [1.807, 2.05) is 30.8 Å². The zero-order valence-corrected chi connectivity index (χ0v) is 7.20. The lowest BCUT2D eigenvalue weighted by Gasteiger charge is -2.03. The Balaban J connectivity index is 3.00. The van der Waals surface area contributed by atoms with Crippen LogP contribution in [0, 0.1) is 6.92 Å². The number of carboxylic acids is 1. The summed E-state index contributed by atoms with van der Waals surface area (Å²) in [6.45, 7) is 1.89. The summed E-state index contributed by atoms with van der Waals surface area (Å²) in [5, 5.41) is 10.3. The van der Waals surface area contributed by atoms with Crippen molar-refractivity contribution in [2.45, 2.75) is 13.3 Å². The molecule has 0 aliphatic carbocycles. The molecule has 1 heterocycles. The number of rotatable bonds is 2. The first-order chi connectivity index (χ1) is 5.61. The molecule has 1 aromatic rings. The number of pyridine rings is 1. The molecule has 12 heavy (non-hydrogen) atoms. The van der Waals surface area contributed by atoms with Crippen molar-refractivity contribution in [3.63, 3.8) is 0 Å². The molecule has 0 bridgehead atoms. The Kier molecular flexibility index (Phi) is 2.43. The van der Waals surface area contributed by atoms with Crippen molar-refractivity contribution >= 4 is 5.97 Å². The summed E-state index contributed by atoms with van der Waals surface area (Å²) in [4.78, 5) is 10.3. The summed E-state index contributed by atoms with van der Waals surface area (Å²) < 4.78 is 1.89. The molecular formula is C9H11NO2. The van der Waals surface area contributed by atoms with Crippen LogP contribution in [0.25, 0.3) is 0 Å². The summed E-state index contributed by atoms with van der Waals surface area (Å²) >= 11 is 0. The number of nitrogens with zero attached hydrogens (tertiary/aromatic N) is 1. The molecule has 3 heteroatoms. The van der Waals surface area contributed by atoms with Gasteiger partial charge in [0.05, 0.1) is 0 Å². The Labute approximate surface area is 71.3 Å². The van der Waals surface area contributed by atoms with Crippen molar-refractivity contribution in [3.05, 3.63) is 29.6 Å². The molecule has 3 nitrogen and oxygen atoms in total. The number of hydrogen-bond donors (Lipinski definition) is 0. The quantitative estimate of drug-likeness (QED) is 0.534. The molecule has 0 unspecified atom stereocenters. The topological polar surface area (TPSA) is 44.0 Å². The normalized spacial score (nSPS) is 9.83. The van der Waals surface area contributed by atoms with Gasteiger partial charge >= 0.3 is 0 Å². The Hall–Kier alpha value is -1.38. The Morgan fingerprint density at radius 3 is 2.92 bits per heavy atom. The molecule has 0 radical (unpaired) electrons. The average Bonchev–Trinajstić information content (AvgIpc) is 1.98. The molecule has 0 saturated carbocycles. The number of aromatic nitrogens is 1. The third-order valence-corrected chi connectivity index (χ3v) is 1.94. The van der Waals surface area contributed by atoms with Crippen LogP contribution in [0.2, 0.25) is 0 Å². The predicted molar refractivity (Wildman–Crippen MR) is 41.1 cm³/mol. The van der Waals surface area contributed by atoms with Gasteiger partial charge in [-0.05, 0) is 6.07 Å². The number of aryl methyl sites for hydroxylation is 1. The van der Waals surface area contributed by atoms with Crippen LogP contribution in [-0.4, -0.2) is 5.97 Å². The molecule has 1 rings (SSSR count). The van der Waals surface area contributed by atoms with Gasteiger partial charge in [-0.2, -0.15) is 0 Å². The highest BCUT2D eigenvalue weighted by Crippen LogP contribution is 2.01. The summed E-state index contributed by atoms with van der Waals surface area (Å²) in [6.07, 6.45) is 1.87. The number of carbonyl (C=O) groups excluding carboxylic acids is 1. The molecule has 1 aromatic heterocycles. The summed E-state index contributed by atoms with van der Waals surface area (Å²) in [5.41, 5.74) is 1.77. The van der Waals surface area contributed by atoms with Crippen LogP contribution in [0.5, 0.6) is 0 Å². The van der Waals surface area contributed by atoms with Gasteiger partial charge in [0.15, 0.2) is 11.9 Å². The molecule has 0 fully saturated rings. The summed E-state index contributed by atoms with van der Waals surface area (Å²) in [5.74, 6) is -1.04. The van der Waals surface area contributed by atoms with E-state index in [0.29, 0.717) is 0 Å². The van der Waals surface area contributed by atoms with E-state index in [1.165, 1.54) is 0 Å². The second kappa shape index (κ2) is 3.34. The predicted octanol–water partition coefficient (Wildman–Crippen LogP) is -0.888. The van der Waals surface area contributed by atoms with Crippen molar-refractivity contribution in [2.24, 2.45) is 7.05 Å². The minimum absolute atomic E-state index is 0.0134. The SMILES string of the molecule is Cc1c(CC(=O)[O-])ccc[n+]1C. The van der Waals surface area contributed by atoms with Gasteiger partial charge in [-0.15, -0.1) is 0 Å². The standard InChI is InChI=1S/C9H11NO2/c1-7-8(6-9(11)12)4-3-5-10(7)2/h3-5H,6H2,1-2H3. The van der Waals surface area contributed by atoms with Crippen LogP contribution in [0.3, 0.4) is 0 Å². The monoisotopic (exact) mass is 165 g/mol. The van der Waals surface area contributed by atoms with Crippen molar-refractivity contribution in [1.82, 2.24) is 0 Å². The maximum atomic E-state index is 10.3. The fraction of sp³-hybridized carbons (Fsp3) is 0.333. The van der Waals surface area contributed by atoms with E-state index in [-0.39, 0.29) is 6.42 Å². The van der Waals surface area contributed by atoms with Gasteiger partial charge in [0, 0.05) is 30.9 Å². The fourth-order valence-electron chi connectivity index (χ4n) is 1.09. The Morgan fingerprint density at radius 1 is 1.67 bits per heavy atom. The minimum Gasteiger partial charge on any atom is -0.550 e. The smallest absolute Gasteiger partial charge is 0.181 e. The molecule has 0 N–H and O–H groups in total.